The van der Waals surface area contributed by atoms with Crippen molar-refractivity contribution in [1.29, 1.82) is 0 Å². The average Bonchev–Trinajstić information content (AvgIpc) is 3.17. The van der Waals surface area contributed by atoms with Crippen LogP contribution in [0, 0.1) is 6.92 Å². The Balaban J connectivity index is 1.97. The summed E-state index contributed by atoms with van der Waals surface area (Å²) in [6.07, 6.45) is 0. The van der Waals surface area contributed by atoms with E-state index in [-0.39, 0.29) is 28.5 Å². The fraction of sp³-hybridized carbons (Fsp3) is 0.241. The molecule has 3 aromatic carbocycles. The van der Waals surface area contributed by atoms with Crippen LogP contribution in [0.15, 0.2) is 60.2 Å². The lowest BCUT2D eigenvalue weighted by atomic mass is 9.94. The SMILES string of the molecule is COc1ccccc1CN1C(=O)C(=O)/C(=C(/O)c2cc(C)cc(Cl)c2OC)C1c1ccc(OC)c(OC)c1. The van der Waals surface area contributed by atoms with Crippen molar-refractivity contribution in [3.8, 4) is 23.0 Å². The molecule has 0 saturated carbocycles. The first kappa shape index (κ1) is 26.9. The zero-order valence-corrected chi connectivity index (χ0v) is 22.5. The molecule has 0 aromatic heterocycles. The van der Waals surface area contributed by atoms with E-state index in [1.165, 1.54) is 33.3 Å². The Hall–Kier alpha value is -4.17. The molecule has 9 heteroatoms. The Morgan fingerprint density at radius 3 is 2.24 bits per heavy atom. The molecule has 0 radical (unpaired) electrons. The van der Waals surface area contributed by atoms with Crippen LogP contribution in [0.1, 0.15) is 28.3 Å². The summed E-state index contributed by atoms with van der Waals surface area (Å²) in [7, 11) is 5.96. The third kappa shape index (κ3) is 4.75. The number of likely N-dealkylation sites (tertiary alicyclic amines) is 1. The summed E-state index contributed by atoms with van der Waals surface area (Å²) in [5.41, 5.74) is 2.08. The monoisotopic (exact) mass is 537 g/mol. The maximum absolute atomic E-state index is 13.5. The second-order valence-corrected chi connectivity index (χ2v) is 9.09. The molecule has 1 heterocycles. The number of aliphatic hydroxyl groups is 1. The van der Waals surface area contributed by atoms with Gasteiger partial charge >= 0.3 is 0 Å². The van der Waals surface area contributed by atoms with Crippen molar-refractivity contribution in [1.82, 2.24) is 4.90 Å². The lowest BCUT2D eigenvalue weighted by Crippen LogP contribution is -2.29. The van der Waals surface area contributed by atoms with E-state index in [0.29, 0.717) is 28.4 Å². The number of ether oxygens (including phenoxy) is 4. The van der Waals surface area contributed by atoms with Gasteiger partial charge in [0.1, 0.15) is 17.3 Å². The molecule has 1 unspecified atom stereocenters. The molecule has 8 nitrogen and oxygen atoms in total. The van der Waals surface area contributed by atoms with Crippen molar-refractivity contribution in [2.45, 2.75) is 19.5 Å². The molecule has 0 aliphatic carbocycles. The highest BCUT2D eigenvalue weighted by Crippen LogP contribution is 2.45. The number of Topliss-reactive ketones (excluding diaryl/α,β-unsaturated/α-hetero) is 1. The molecular formula is C29H28ClNO7. The van der Waals surface area contributed by atoms with Gasteiger partial charge in [-0.25, -0.2) is 0 Å². The number of amides is 1. The van der Waals surface area contributed by atoms with Crippen molar-refractivity contribution < 1.29 is 33.6 Å². The molecule has 0 spiro atoms. The van der Waals surface area contributed by atoms with E-state index in [2.05, 4.69) is 0 Å². The maximum Gasteiger partial charge on any atom is 0.295 e. The topological polar surface area (TPSA) is 94.5 Å². The van der Waals surface area contributed by atoms with Gasteiger partial charge in [-0.1, -0.05) is 35.9 Å². The Bertz CT molecular complexity index is 1430. The van der Waals surface area contributed by atoms with Gasteiger partial charge in [-0.3, -0.25) is 9.59 Å². The van der Waals surface area contributed by atoms with Gasteiger partial charge in [0.25, 0.3) is 11.7 Å². The van der Waals surface area contributed by atoms with Crippen LogP contribution >= 0.6 is 11.6 Å². The normalized spacial score (nSPS) is 16.5. The number of rotatable bonds is 8. The van der Waals surface area contributed by atoms with Crippen LogP contribution < -0.4 is 18.9 Å². The number of aliphatic hydroxyl groups excluding tert-OH is 1. The van der Waals surface area contributed by atoms with Gasteiger partial charge in [-0.2, -0.15) is 0 Å². The number of para-hydroxylation sites is 1. The quantitative estimate of drug-likeness (QED) is 0.236. The van der Waals surface area contributed by atoms with Crippen LogP contribution in [-0.4, -0.2) is 50.1 Å². The number of halogens is 1. The molecule has 1 N–H and O–H groups in total. The van der Waals surface area contributed by atoms with E-state index in [0.717, 1.165) is 5.56 Å². The van der Waals surface area contributed by atoms with Crippen molar-refractivity contribution >= 4 is 29.1 Å². The first-order chi connectivity index (χ1) is 18.2. The van der Waals surface area contributed by atoms with Crippen LogP contribution in [0.3, 0.4) is 0 Å². The van der Waals surface area contributed by atoms with Gasteiger partial charge in [0.05, 0.1) is 57.2 Å². The Kier molecular flexibility index (Phi) is 7.83. The summed E-state index contributed by atoms with van der Waals surface area (Å²) in [5, 5.41) is 11.8. The zero-order valence-electron chi connectivity index (χ0n) is 21.7. The summed E-state index contributed by atoms with van der Waals surface area (Å²) in [6, 6.07) is 14.7. The largest absolute Gasteiger partial charge is 0.507 e. The van der Waals surface area contributed by atoms with Gasteiger partial charge in [-0.05, 0) is 48.4 Å². The van der Waals surface area contributed by atoms with Gasteiger partial charge < -0.3 is 29.0 Å². The van der Waals surface area contributed by atoms with Crippen LogP contribution in [0.2, 0.25) is 5.02 Å². The number of benzene rings is 3. The van der Waals surface area contributed by atoms with Crippen LogP contribution in [0.25, 0.3) is 5.76 Å². The summed E-state index contributed by atoms with van der Waals surface area (Å²) in [6.45, 7) is 1.85. The molecule has 1 amide bonds. The lowest BCUT2D eigenvalue weighted by Gasteiger charge is -2.27. The highest BCUT2D eigenvalue weighted by atomic mass is 35.5. The van der Waals surface area contributed by atoms with Crippen molar-refractivity contribution in [3.05, 3.63) is 87.4 Å². The standard InChI is InChI=1S/C29H28ClNO7/c1-16-12-19(28(38-5)20(30)13-16)26(32)24-25(17-10-11-22(36-3)23(14-17)37-4)31(29(34)27(24)33)15-18-8-6-7-9-21(18)35-2/h6-14,25,32H,15H2,1-5H3/b26-24+. The Morgan fingerprint density at radius 1 is 0.895 bits per heavy atom. The summed E-state index contributed by atoms with van der Waals surface area (Å²) < 4.78 is 21.8. The molecule has 4 rings (SSSR count). The molecule has 1 aliphatic heterocycles. The van der Waals surface area contributed by atoms with Gasteiger partial charge in [-0.15, -0.1) is 0 Å². The third-order valence-electron chi connectivity index (χ3n) is 6.44. The molecule has 198 valence electrons. The second-order valence-electron chi connectivity index (χ2n) is 8.68. The number of aryl methyl sites for hydroxylation is 1. The predicted molar refractivity (Wildman–Crippen MR) is 143 cm³/mol. The number of hydrogen-bond acceptors (Lipinski definition) is 7. The molecule has 1 saturated heterocycles. The summed E-state index contributed by atoms with van der Waals surface area (Å²) >= 11 is 6.38. The number of hydrogen-bond donors (Lipinski definition) is 1. The molecule has 3 aromatic rings. The third-order valence-corrected chi connectivity index (χ3v) is 6.72. The van der Waals surface area contributed by atoms with E-state index in [1.807, 2.05) is 18.2 Å². The minimum Gasteiger partial charge on any atom is -0.507 e. The number of carbonyl (C=O) groups is 2. The number of ketones is 1. The second kappa shape index (κ2) is 11.1. The fourth-order valence-electron chi connectivity index (χ4n) is 4.69. The Morgan fingerprint density at radius 2 is 1.58 bits per heavy atom. The average molecular weight is 538 g/mol. The highest BCUT2D eigenvalue weighted by molar-refractivity contribution is 6.46. The smallest absolute Gasteiger partial charge is 0.295 e. The van der Waals surface area contributed by atoms with E-state index in [1.54, 1.807) is 43.3 Å². The van der Waals surface area contributed by atoms with Gasteiger partial charge in [0.2, 0.25) is 0 Å². The first-order valence-electron chi connectivity index (χ1n) is 11.7. The fourth-order valence-corrected chi connectivity index (χ4v) is 5.04. The molecule has 38 heavy (non-hydrogen) atoms. The van der Waals surface area contributed by atoms with E-state index >= 15 is 0 Å². The van der Waals surface area contributed by atoms with E-state index in [4.69, 9.17) is 30.5 Å². The van der Waals surface area contributed by atoms with E-state index < -0.39 is 23.5 Å². The zero-order chi connectivity index (χ0) is 27.6. The van der Waals surface area contributed by atoms with Gasteiger partial charge in [0, 0.05) is 5.56 Å². The molecular weight excluding hydrogens is 510 g/mol. The maximum atomic E-state index is 13.5. The molecule has 1 atom stereocenters. The van der Waals surface area contributed by atoms with E-state index in [9.17, 15) is 14.7 Å². The number of methoxy groups -OCH3 is 4. The van der Waals surface area contributed by atoms with Crippen LogP contribution in [0.5, 0.6) is 23.0 Å². The molecule has 1 fully saturated rings. The molecule has 0 bridgehead atoms. The Labute approximate surface area is 225 Å². The highest BCUT2D eigenvalue weighted by Gasteiger charge is 2.47. The number of nitrogens with zero attached hydrogens (tertiary/aromatic N) is 1. The minimum absolute atomic E-state index is 0.0517. The molecule has 1 aliphatic rings. The van der Waals surface area contributed by atoms with Crippen LogP contribution in [-0.2, 0) is 16.1 Å². The van der Waals surface area contributed by atoms with Crippen molar-refractivity contribution in [2.75, 3.05) is 28.4 Å². The predicted octanol–water partition coefficient (Wildman–Crippen LogP) is 5.30. The lowest BCUT2D eigenvalue weighted by molar-refractivity contribution is -0.140. The van der Waals surface area contributed by atoms with Crippen LogP contribution in [0.4, 0.5) is 0 Å². The summed E-state index contributed by atoms with van der Waals surface area (Å²) in [4.78, 5) is 28.4. The van der Waals surface area contributed by atoms with Crippen molar-refractivity contribution in [2.24, 2.45) is 0 Å². The number of carbonyl (C=O) groups excluding carboxylic acids is 2. The van der Waals surface area contributed by atoms with Gasteiger partial charge in [0.15, 0.2) is 11.5 Å². The summed E-state index contributed by atoms with van der Waals surface area (Å²) in [5.74, 6) is -0.363. The first-order valence-corrected chi connectivity index (χ1v) is 12.1. The van der Waals surface area contributed by atoms with Crippen molar-refractivity contribution in [3.63, 3.8) is 0 Å². The minimum atomic E-state index is -0.955.